The molecule has 0 radical (unpaired) electrons. The molecule has 2 amide bonds. The Balaban J connectivity index is 1.84. The van der Waals surface area contributed by atoms with E-state index in [2.05, 4.69) is 0 Å². The third-order valence-electron chi connectivity index (χ3n) is 5.41. The number of hydrogen-bond donors (Lipinski definition) is 0. The van der Waals surface area contributed by atoms with Crippen molar-refractivity contribution in [1.82, 2.24) is 14.1 Å². The van der Waals surface area contributed by atoms with E-state index in [1.165, 1.54) is 15.5 Å². The molecule has 28 heavy (non-hydrogen) atoms. The van der Waals surface area contributed by atoms with E-state index in [0.29, 0.717) is 52.0 Å². The van der Waals surface area contributed by atoms with Crippen LogP contribution < -0.4 is 0 Å². The summed E-state index contributed by atoms with van der Waals surface area (Å²) in [5, 5.41) is 0. The van der Waals surface area contributed by atoms with Crippen LogP contribution in [0.3, 0.4) is 0 Å². The average molecular weight is 418 g/mol. The predicted octanol–water partition coefficient (Wildman–Crippen LogP) is -0.0819. The van der Waals surface area contributed by atoms with Crippen molar-refractivity contribution in [1.29, 1.82) is 0 Å². The van der Waals surface area contributed by atoms with E-state index < -0.39 is 10.0 Å². The predicted molar refractivity (Wildman–Crippen MR) is 103 cm³/mol. The number of carbonyl (C=O) groups is 3. The van der Waals surface area contributed by atoms with Crippen LogP contribution >= 0.6 is 0 Å². The highest BCUT2D eigenvalue weighted by Crippen LogP contribution is 2.22. The quantitative estimate of drug-likeness (QED) is 0.560. The number of ether oxygens (including phenoxy) is 1. The van der Waals surface area contributed by atoms with Gasteiger partial charge >= 0.3 is 5.97 Å². The van der Waals surface area contributed by atoms with Crippen molar-refractivity contribution < 1.29 is 27.5 Å². The highest BCUT2D eigenvalue weighted by atomic mass is 32.2. The molecule has 0 N–H and O–H groups in total. The molecule has 2 fully saturated rings. The second-order valence-electron chi connectivity index (χ2n) is 7.56. The maximum absolute atomic E-state index is 12.6. The number of rotatable bonds is 6. The normalized spacial score (nSPS) is 22.0. The van der Waals surface area contributed by atoms with Crippen LogP contribution in [-0.4, -0.2) is 92.9 Å². The van der Waals surface area contributed by atoms with Gasteiger partial charge < -0.3 is 14.5 Å². The van der Waals surface area contributed by atoms with Gasteiger partial charge in [0.1, 0.15) is 0 Å². The summed E-state index contributed by atoms with van der Waals surface area (Å²) in [6, 6.07) is 0. The van der Waals surface area contributed by atoms with E-state index in [-0.39, 0.29) is 36.2 Å². The summed E-state index contributed by atoms with van der Waals surface area (Å²) in [7, 11) is -1.64. The summed E-state index contributed by atoms with van der Waals surface area (Å²) in [4.78, 5) is 40.2. The monoisotopic (exact) mass is 417 g/mol. The third-order valence-corrected chi connectivity index (χ3v) is 6.72. The minimum Gasteiger partial charge on any atom is -0.466 e. The zero-order chi connectivity index (χ0) is 20.9. The molecule has 0 saturated carbocycles. The van der Waals surface area contributed by atoms with Crippen LogP contribution in [0, 0.1) is 11.8 Å². The lowest BCUT2D eigenvalue weighted by atomic mass is 9.96. The summed E-state index contributed by atoms with van der Waals surface area (Å²) in [5.74, 6) is -1.18. The fraction of sp³-hybridized carbons (Fsp3) is 0.833. The lowest BCUT2D eigenvalue weighted by Gasteiger charge is -2.34. The molecular weight excluding hydrogens is 386 g/mol. The van der Waals surface area contributed by atoms with E-state index in [1.807, 2.05) is 0 Å². The zero-order valence-electron chi connectivity index (χ0n) is 16.9. The first-order valence-corrected chi connectivity index (χ1v) is 11.6. The number of carbonyl (C=O) groups excluding carboxylic acids is 3. The fourth-order valence-corrected chi connectivity index (χ4v) is 4.66. The van der Waals surface area contributed by atoms with Crippen molar-refractivity contribution in [2.45, 2.75) is 32.6 Å². The lowest BCUT2D eigenvalue weighted by Crippen LogP contribution is -2.49. The first-order chi connectivity index (χ1) is 13.1. The molecule has 2 rings (SSSR count). The number of amides is 2. The Morgan fingerprint density at radius 2 is 1.71 bits per heavy atom. The number of likely N-dealkylation sites (tertiary alicyclic amines) is 1. The van der Waals surface area contributed by atoms with Gasteiger partial charge in [0.2, 0.25) is 21.8 Å². The van der Waals surface area contributed by atoms with Gasteiger partial charge in [-0.1, -0.05) is 0 Å². The Morgan fingerprint density at radius 3 is 2.29 bits per heavy atom. The molecule has 0 aromatic carbocycles. The largest absolute Gasteiger partial charge is 0.466 e. The van der Waals surface area contributed by atoms with E-state index in [1.54, 1.807) is 18.9 Å². The molecule has 0 spiro atoms. The summed E-state index contributed by atoms with van der Waals surface area (Å²) in [6.45, 7) is 3.58. The number of sulfonamides is 1. The van der Waals surface area contributed by atoms with Gasteiger partial charge in [0.05, 0.1) is 25.3 Å². The molecule has 160 valence electrons. The maximum atomic E-state index is 12.6. The Morgan fingerprint density at radius 1 is 1.07 bits per heavy atom. The van der Waals surface area contributed by atoms with Crippen molar-refractivity contribution in [3.8, 4) is 0 Å². The van der Waals surface area contributed by atoms with Gasteiger partial charge in [-0.05, 0) is 32.6 Å². The van der Waals surface area contributed by atoms with E-state index in [9.17, 15) is 22.8 Å². The molecular formula is C18H31N3O6S. The molecule has 2 heterocycles. The van der Waals surface area contributed by atoms with E-state index >= 15 is 0 Å². The zero-order valence-corrected chi connectivity index (χ0v) is 17.7. The lowest BCUT2D eigenvalue weighted by molar-refractivity contribution is -0.152. The van der Waals surface area contributed by atoms with Crippen molar-refractivity contribution in [2.75, 3.05) is 52.6 Å². The van der Waals surface area contributed by atoms with Crippen LogP contribution in [0.25, 0.3) is 0 Å². The number of nitrogens with zero attached hydrogens (tertiary/aromatic N) is 3. The van der Waals surface area contributed by atoms with Crippen LogP contribution in [0.2, 0.25) is 0 Å². The molecule has 2 aliphatic rings. The molecule has 1 unspecified atom stereocenters. The minimum atomic E-state index is -3.24. The third kappa shape index (κ3) is 5.91. The molecule has 10 heteroatoms. The molecule has 0 aromatic rings. The number of piperidine rings is 2. The van der Waals surface area contributed by atoms with E-state index in [0.717, 1.165) is 6.42 Å². The Bertz CT molecular complexity index is 687. The van der Waals surface area contributed by atoms with Gasteiger partial charge in [-0.2, -0.15) is 0 Å². The summed E-state index contributed by atoms with van der Waals surface area (Å²) < 4.78 is 29.6. The Labute approximate surface area is 167 Å². The molecule has 0 bridgehead atoms. The van der Waals surface area contributed by atoms with Crippen LogP contribution in [0.5, 0.6) is 0 Å². The van der Waals surface area contributed by atoms with Gasteiger partial charge in [0.15, 0.2) is 0 Å². The molecule has 9 nitrogen and oxygen atoms in total. The standard InChI is InChI=1S/C18H31N3O6S/c1-4-27-18(24)15-6-5-9-20(12-15)16(22)13-19(2)17(23)14-7-10-21(11-8-14)28(3,25)26/h14-15H,4-13H2,1-3H3. The van der Waals surface area contributed by atoms with Gasteiger partial charge in [-0.3, -0.25) is 14.4 Å². The first kappa shape index (κ1) is 22.6. The second-order valence-corrected chi connectivity index (χ2v) is 9.54. The van der Waals surface area contributed by atoms with Crippen LogP contribution in [0.15, 0.2) is 0 Å². The highest BCUT2D eigenvalue weighted by Gasteiger charge is 2.33. The Kier molecular flexibility index (Phi) is 7.82. The smallest absolute Gasteiger partial charge is 0.310 e. The maximum Gasteiger partial charge on any atom is 0.310 e. The van der Waals surface area contributed by atoms with Crippen LogP contribution in [-0.2, 0) is 29.1 Å². The van der Waals surface area contributed by atoms with Crippen LogP contribution in [0.4, 0.5) is 0 Å². The number of likely N-dealkylation sites (N-methyl/N-ethyl adjacent to an activating group) is 1. The molecule has 0 aromatic heterocycles. The molecule has 0 aliphatic carbocycles. The van der Waals surface area contributed by atoms with Crippen molar-refractivity contribution in [3.63, 3.8) is 0 Å². The summed E-state index contributed by atoms with van der Waals surface area (Å²) >= 11 is 0. The second kappa shape index (κ2) is 9.69. The first-order valence-electron chi connectivity index (χ1n) is 9.78. The highest BCUT2D eigenvalue weighted by molar-refractivity contribution is 7.88. The van der Waals surface area contributed by atoms with E-state index in [4.69, 9.17) is 4.74 Å². The van der Waals surface area contributed by atoms with Crippen molar-refractivity contribution in [2.24, 2.45) is 11.8 Å². The SMILES string of the molecule is CCOC(=O)C1CCCN(C(=O)CN(C)C(=O)C2CCN(S(C)(=O)=O)CC2)C1. The molecule has 2 aliphatic heterocycles. The average Bonchev–Trinajstić information content (AvgIpc) is 2.67. The fourth-order valence-electron chi connectivity index (χ4n) is 3.78. The van der Waals surface area contributed by atoms with Crippen molar-refractivity contribution >= 4 is 27.8 Å². The molecule has 1 atom stereocenters. The minimum absolute atomic E-state index is 0.0410. The Hall–Kier alpha value is -1.68. The van der Waals surface area contributed by atoms with Crippen molar-refractivity contribution in [3.05, 3.63) is 0 Å². The molecule has 2 saturated heterocycles. The van der Waals surface area contributed by atoms with Gasteiger partial charge in [0, 0.05) is 39.1 Å². The van der Waals surface area contributed by atoms with Gasteiger partial charge in [-0.25, -0.2) is 12.7 Å². The number of esters is 1. The van der Waals surface area contributed by atoms with Gasteiger partial charge in [-0.15, -0.1) is 0 Å². The number of hydrogen-bond acceptors (Lipinski definition) is 6. The van der Waals surface area contributed by atoms with Crippen LogP contribution in [0.1, 0.15) is 32.6 Å². The summed E-state index contributed by atoms with van der Waals surface area (Å²) in [5.41, 5.74) is 0. The summed E-state index contributed by atoms with van der Waals surface area (Å²) in [6.07, 6.45) is 3.52. The van der Waals surface area contributed by atoms with Gasteiger partial charge in [0.25, 0.3) is 0 Å². The topological polar surface area (TPSA) is 104 Å².